The quantitative estimate of drug-likeness (QED) is 0.714. The van der Waals surface area contributed by atoms with E-state index >= 15 is 0 Å². The molecule has 6 nitrogen and oxygen atoms in total. The highest BCUT2D eigenvalue weighted by atomic mass is 16.3. The number of anilines is 1. The molecule has 2 unspecified atom stereocenters. The molecule has 2 atom stereocenters. The lowest BCUT2D eigenvalue weighted by molar-refractivity contribution is -0.130. The summed E-state index contributed by atoms with van der Waals surface area (Å²) in [7, 11) is 2.18. The standard InChI is InChI=1S/C29H38N4O2/c1-31-13-9-24(10-14-31)33-26-8-7-21(17-23(26)18-27(33)34)20-32-15-11-29(12-16-32)25(19-30-28(29)35)22-5-3-2-4-6-22/h2-8,17,24-25,27,34H,9-16,18-20H2,1H3,(H,30,35). The van der Waals surface area contributed by atoms with Crippen molar-refractivity contribution in [3.8, 4) is 0 Å². The molecule has 4 aliphatic heterocycles. The van der Waals surface area contributed by atoms with E-state index in [0.29, 0.717) is 6.04 Å². The Balaban J connectivity index is 1.12. The summed E-state index contributed by atoms with van der Waals surface area (Å²) < 4.78 is 0. The summed E-state index contributed by atoms with van der Waals surface area (Å²) in [4.78, 5) is 20.1. The zero-order chi connectivity index (χ0) is 24.0. The van der Waals surface area contributed by atoms with Crippen LogP contribution in [0, 0.1) is 5.41 Å². The minimum absolute atomic E-state index is 0.242. The van der Waals surface area contributed by atoms with Crippen LogP contribution in [-0.4, -0.2) is 72.9 Å². The number of fused-ring (bicyclic) bond motifs is 1. The molecule has 35 heavy (non-hydrogen) atoms. The van der Waals surface area contributed by atoms with E-state index in [-0.39, 0.29) is 17.2 Å². The SMILES string of the molecule is CN1CCC(N2c3ccc(CN4CCC5(CC4)C(=O)NCC5c4ccccc4)cc3CC2O)CC1. The van der Waals surface area contributed by atoms with E-state index in [0.717, 1.165) is 71.4 Å². The molecule has 3 fully saturated rings. The Labute approximate surface area is 208 Å². The average molecular weight is 475 g/mol. The lowest BCUT2D eigenvalue weighted by Gasteiger charge is -2.41. The van der Waals surface area contributed by atoms with Crippen LogP contribution in [0.15, 0.2) is 48.5 Å². The molecule has 6 rings (SSSR count). The van der Waals surface area contributed by atoms with Crippen LogP contribution in [-0.2, 0) is 17.8 Å². The minimum Gasteiger partial charge on any atom is -0.373 e. The van der Waals surface area contributed by atoms with Gasteiger partial charge in [0.1, 0.15) is 6.23 Å². The summed E-state index contributed by atoms with van der Waals surface area (Å²) in [6, 6.07) is 17.8. The van der Waals surface area contributed by atoms with Crippen LogP contribution in [0.25, 0.3) is 0 Å². The number of nitrogens with one attached hydrogen (secondary N) is 1. The highest BCUT2D eigenvalue weighted by molar-refractivity contribution is 5.86. The van der Waals surface area contributed by atoms with E-state index in [1.54, 1.807) is 0 Å². The molecular formula is C29H38N4O2. The number of carbonyl (C=O) groups excluding carboxylic acids is 1. The van der Waals surface area contributed by atoms with Gasteiger partial charge in [-0.25, -0.2) is 0 Å². The summed E-state index contributed by atoms with van der Waals surface area (Å²) in [5.74, 6) is 0.511. The monoisotopic (exact) mass is 474 g/mol. The van der Waals surface area contributed by atoms with Gasteiger partial charge in [-0.05, 0) is 81.7 Å². The smallest absolute Gasteiger partial charge is 0.227 e. The Kier molecular flexibility index (Phi) is 6.07. The van der Waals surface area contributed by atoms with Gasteiger partial charge in [0.25, 0.3) is 0 Å². The molecule has 1 spiro atoms. The molecule has 186 valence electrons. The fraction of sp³-hybridized carbons (Fsp3) is 0.552. The number of rotatable bonds is 4. The van der Waals surface area contributed by atoms with Crippen LogP contribution in [0.1, 0.15) is 48.3 Å². The number of carbonyl (C=O) groups is 1. The summed E-state index contributed by atoms with van der Waals surface area (Å²) in [5, 5.41) is 14.0. The van der Waals surface area contributed by atoms with Crippen LogP contribution in [0.5, 0.6) is 0 Å². The normalized spacial score (nSPS) is 27.4. The summed E-state index contributed by atoms with van der Waals surface area (Å²) >= 11 is 0. The number of nitrogens with zero attached hydrogens (tertiary/aromatic N) is 3. The van der Waals surface area contributed by atoms with E-state index in [1.807, 2.05) is 6.07 Å². The predicted octanol–water partition coefficient (Wildman–Crippen LogP) is 2.96. The third-order valence-electron chi connectivity index (χ3n) is 9.17. The maximum atomic E-state index is 13.0. The Morgan fingerprint density at radius 3 is 2.51 bits per heavy atom. The molecule has 1 amide bonds. The summed E-state index contributed by atoms with van der Waals surface area (Å²) in [6.45, 7) is 5.74. The van der Waals surface area contributed by atoms with Crippen LogP contribution < -0.4 is 10.2 Å². The summed E-state index contributed by atoms with van der Waals surface area (Å²) in [5.41, 5.74) is 4.83. The zero-order valence-electron chi connectivity index (χ0n) is 20.8. The molecule has 0 aliphatic carbocycles. The molecular weight excluding hydrogens is 436 g/mol. The van der Waals surface area contributed by atoms with Gasteiger partial charge in [0, 0.05) is 37.2 Å². The Morgan fingerprint density at radius 1 is 1.03 bits per heavy atom. The molecule has 2 aromatic rings. The minimum atomic E-state index is -0.403. The topological polar surface area (TPSA) is 59.0 Å². The van der Waals surface area contributed by atoms with Crippen LogP contribution in [0.2, 0.25) is 0 Å². The van der Waals surface area contributed by atoms with E-state index < -0.39 is 6.23 Å². The van der Waals surface area contributed by atoms with Crippen molar-refractivity contribution in [2.24, 2.45) is 5.41 Å². The van der Waals surface area contributed by atoms with Crippen molar-refractivity contribution in [1.82, 2.24) is 15.1 Å². The fourth-order valence-corrected chi connectivity index (χ4v) is 7.11. The Hall–Kier alpha value is -2.41. The van der Waals surface area contributed by atoms with E-state index in [4.69, 9.17) is 0 Å². The first-order valence-electron chi connectivity index (χ1n) is 13.4. The fourth-order valence-electron chi connectivity index (χ4n) is 7.11. The Bertz CT molecular complexity index is 1060. The lowest BCUT2D eigenvalue weighted by atomic mass is 9.68. The molecule has 6 heteroatoms. The van der Waals surface area contributed by atoms with E-state index in [2.05, 4.69) is 69.5 Å². The lowest BCUT2D eigenvalue weighted by Crippen LogP contribution is -2.47. The van der Waals surface area contributed by atoms with Gasteiger partial charge >= 0.3 is 0 Å². The number of amides is 1. The number of hydrogen-bond acceptors (Lipinski definition) is 5. The first kappa shape index (κ1) is 23.0. The Morgan fingerprint density at radius 2 is 1.77 bits per heavy atom. The van der Waals surface area contributed by atoms with Gasteiger partial charge < -0.3 is 20.2 Å². The van der Waals surface area contributed by atoms with Crippen molar-refractivity contribution in [2.75, 3.05) is 44.7 Å². The third kappa shape index (κ3) is 4.15. The number of benzene rings is 2. The maximum absolute atomic E-state index is 13.0. The number of aliphatic hydroxyl groups excluding tert-OH is 1. The van der Waals surface area contributed by atoms with Crippen molar-refractivity contribution in [1.29, 1.82) is 0 Å². The maximum Gasteiger partial charge on any atom is 0.227 e. The number of hydrogen-bond donors (Lipinski definition) is 2. The van der Waals surface area contributed by atoms with Gasteiger partial charge in [0.15, 0.2) is 0 Å². The van der Waals surface area contributed by atoms with E-state index in [1.165, 1.54) is 22.4 Å². The molecule has 0 bridgehead atoms. The molecule has 0 aromatic heterocycles. The second-order valence-corrected chi connectivity index (χ2v) is 11.2. The molecule has 3 saturated heterocycles. The number of likely N-dealkylation sites (tertiary alicyclic amines) is 2. The summed E-state index contributed by atoms with van der Waals surface area (Å²) in [6.07, 6.45) is 4.36. The number of aliphatic hydroxyl groups is 1. The van der Waals surface area contributed by atoms with Crippen LogP contribution >= 0.6 is 0 Å². The van der Waals surface area contributed by atoms with Crippen molar-refractivity contribution in [3.63, 3.8) is 0 Å². The molecule has 4 heterocycles. The second kappa shape index (κ2) is 9.23. The second-order valence-electron chi connectivity index (χ2n) is 11.2. The molecule has 2 N–H and O–H groups in total. The van der Waals surface area contributed by atoms with Crippen LogP contribution in [0.4, 0.5) is 5.69 Å². The predicted molar refractivity (Wildman–Crippen MR) is 138 cm³/mol. The van der Waals surface area contributed by atoms with Gasteiger partial charge in [0.2, 0.25) is 5.91 Å². The van der Waals surface area contributed by atoms with Crippen molar-refractivity contribution < 1.29 is 9.90 Å². The van der Waals surface area contributed by atoms with Gasteiger partial charge in [-0.1, -0.05) is 42.5 Å². The number of piperidine rings is 2. The van der Waals surface area contributed by atoms with Gasteiger partial charge in [-0.15, -0.1) is 0 Å². The first-order chi connectivity index (χ1) is 17.0. The van der Waals surface area contributed by atoms with Crippen molar-refractivity contribution in [3.05, 3.63) is 65.2 Å². The largest absolute Gasteiger partial charge is 0.373 e. The van der Waals surface area contributed by atoms with Crippen LogP contribution in [0.3, 0.4) is 0 Å². The molecule has 2 aromatic carbocycles. The van der Waals surface area contributed by atoms with Gasteiger partial charge in [-0.3, -0.25) is 9.69 Å². The van der Waals surface area contributed by atoms with Crippen molar-refractivity contribution >= 4 is 11.6 Å². The van der Waals surface area contributed by atoms with Gasteiger partial charge in [-0.2, -0.15) is 0 Å². The molecule has 4 aliphatic rings. The highest BCUT2D eigenvalue weighted by Crippen LogP contribution is 2.48. The van der Waals surface area contributed by atoms with Crippen molar-refractivity contribution in [2.45, 2.75) is 56.8 Å². The third-order valence-corrected chi connectivity index (χ3v) is 9.17. The molecule has 0 radical (unpaired) electrons. The molecule has 0 saturated carbocycles. The van der Waals surface area contributed by atoms with Gasteiger partial charge in [0.05, 0.1) is 5.41 Å². The zero-order valence-corrected chi connectivity index (χ0v) is 20.8. The first-order valence-corrected chi connectivity index (χ1v) is 13.4. The average Bonchev–Trinajstić information content (AvgIpc) is 3.37. The highest BCUT2D eigenvalue weighted by Gasteiger charge is 2.51. The van der Waals surface area contributed by atoms with E-state index in [9.17, 15) is 9.90 Å².